The van der Waals surface area contributed by atoms with E-state index in [4.69, 9.17) is 0 Å². The van der Waals surface area contributed by atoms with Gasteiger partial charge in [0.2, 0.25) is 0 Å². The van der Waals surface area contributed by atoms with Crippen molar-refractivity contribution in [3.63, 3.8) is 0 Å². The number of para-hydroxylation sites is 1. The zero-order valence-electron chi connectivity index (χ0n) is 15.0. The molecular formula is C21H20N4O2. The first kappa shape index (κ1) is 17.0. The summed E-state index contributed by atoms with van der Waals surface area (Å²) in [6, 6.07) is 14.9. The fourth-order valence-electron chi connectivity index (χ4n) is 3.28. The molecule has 6 heteroatoms. The van der Waals surface area contributed by atoms with E-state index in [-0.39, 0.29) is 24.2 Å². The van der Waals surface area contributed by atoms with Crippen molar-refractivity contribution in [3.8, 4) is 5.75 Å². The second kappa shape index (κ2) is 7.07. The molecule has 0 saturated carbocycles. The normalized spacial score (nSPS) is 16.4. The van der Waals surface area contributed by atoms with E-state index in [0.717, 1.165) is 11.3 Å². The summed E-state index contributed by atoms with van der Waals surface area (Å²) in [7, 11) is 0. The molecule has 1 atom stereocenters. The minimum absolute atomic E-state index is 0.148. The van der Waals surface area contributed by atoms with Gasteiger partial charge in [-0.05, 0) is 18.6 Å². The molecule has 0 fully saturated rings. The lowest BCUT2D eigenvalue weighted by molar-refractivity contribution is -0.133. The van der Waals surface area contributed by atoms with Gasteiger partial charge in [-0.15, -0.1) is 0 Å². The fourth-order valence-corrected chi connectivity index (χ4v) is 3.28. The largest absolute Gasteiger partial charge is 0.508 e. The summed E-state index contributed by atoms with van der Waals surface area (Å²) >= 11 is 0. The fraction of sp³-hybridized carbons (Fsp3) is 0.190. The zero-order valence-corrected chi connectivity index (χ0v) is 15.0. The Kier molecular flexibility index (Phi) is 4.46. The first-order chi connectivity index (χ1) is 13.1. The average molecular weight is 360 g/mol. The van der Waals surface area contributed by atoms with Gasteiger partial charge in [0, 0.05) is 24.4 Å². The number of carbonyl (C=O) groups excluding carboxylic acids is 1. The lowest BCUT2D eigenvalue weighted by Gasteiger charge is -2.22. The number of amides is 1. The molecule has 1 N–H and O–H groups in total. The second-order valence-electron chi connectivity index (χ2n) is 6.66. The molecule has 4 rings (SSSR count). The summed E-state index contributed by atoms with van der Waals surface area (Å²) in [6.45, 7) is 2.18. The Labute approximate surface area is 157 Å². The van der Waals surface area contributed by atoms with Gasteiger partial charge in [0.05, 0.1) is 18.1 Å². The van der Waals surface area contributed by atoms with Gasteiger partial charge in [-0.25, -0.2) is 9.99 Å². The Bertz CT molecular complexity index is 978. The Morgan fingerprint density at radius 3 is 2.67 bits per heavy atom. The van der Waals surface area contributed by atoms with Crippen molar-refractivity contribution in [2.24, 2.45) is 5.10 Å². The van der Waals surface area contributed by atoms with E-state index in [2.05, 4.69) is 10.1 Å². The molecule has 1 amide bonds. The minimum Gasteiger partial charge on any atom is -0.508 e. The molecule has 0 spiro atoms. The molecule has 1 aromatic heterocycles. The SMILES string of the molecule is Cc1ccc(C2=NN(C(=O)Cn3ccnc3)C(c3ccccc3O)C2)cc1. The second-order valence-corrected chi connectivity index (χ2v) is 6.66. The van der Waals surface area contributed by atoms with Crippen LogP contribution in [0.2, 0.25) is 0 Å². The van der Waals surface area contributed by atoms with Crippen molar-refractivity contribution in [3.05, 3.63) is 83.9 Å². The van der Waals surface area contributed by atoms with Crippen LogP contribution in [-0.2, 0) is 11.3 Å². The molecule has 0 bridgehead atoms. The van der Waals surface area contributed by atoms with Crippen molar-refractivity contribution in [1.29, 1.82) is 0 Å². The van der Waals surface area contributed by atoms with Crippen LogP contribution in [-0.4, -0.2) is 31.3 Å². The van der Waals surface area contributed by atoms with E-state index >= 15 is 0 Å². The number of aryl methyl sites for hydroxylation is 1. The molecule has 1 unspecified atom stereocenters. The Hall–Kier alpha value is -3.41. The maximum Gasteiger partial charge on any atom is 0.263 e. The molecule has 2 heterocycles. The highest BCUT2D eigenvalue weighted by Crippen LogP contribution is 2.37. The number of carbonyl (C=O) groups is 1. The number of nitrogens with zero attached hydrogens (tertiary/aromatic N) is 4. The molecule has 2 aromatic carbocycles. The van der Waals surface area contributed by atoms with Gasteiger partial charge in [-0.1, -0.05) is 48.0 Å². The van der Waals surface area contributed by atoms with Crippen LogP contribution in [0.1, 0.15) is 29.2 Å². The minimum atomic E-state index is -0.335. The highest BCUT2D eigenvalue weighted by Gasteiger charge is 2.34. The van der Waals surface area contributed by atoms with Crippen LogP contribution < -0.4 is 0 Å². The Balaban J connectivity index is 1.68. The first-order valence-electron chi connectivity index (χ1n) is 8.82. The maximum absolute atomic E-state index is 12.9. The number of imidazole rings is 1. The topological polar surface area (TPSA) is 70.7 Å². The van der Waals surface area contributed by atoms with E-state index in [9.17, 15) is 9.90 Å². The number of hydrogen-bond donors (Lipinski definition) is 1. The van der Waals surface area contributed by atoms with E-state index in [1.807, 2.05) is 43.3 Å². The van der Waals surface area contributed by atoms with Crippen molar-refractivity contribution in [2.75, 3.05) is 0 Å². The number of phenolic OH excluding ortho intramolecular Hbond substituents is 1. The van der Waals surface area contributed by atoms with Crippen LogP contribution in [0.5, 0.6) is 5.75 Å². The number of benzene rings is 2. The molecule has 6 nitrogen and oxygen atoms in total. The number of phenols is 1. The molecular weight excluding hydrogens is 340 g/mol. The summed E-state index contributed by atoms with van der Waals surface area (Å²) in [5, 5.41) is 16.4. The van der Waals surface area contributed by atoms with E-state index < -0.39 is 0 Å². The molecule has 3 aromatic rings. The van der Waals surface area contributed by atoms with Crippen LogP contribution in [0.25, 0.3) is 0 Å². The standard InChI is InChI=1S/C21H20N4O2/c1-15-6-8-16(9-7-15)18-12-19(17-4-2-3-5-20(17)26)25(23-18)21(27)13-24-11-10-22-14-24/h2-11,14,19,26H,12-13H2,1H3. The predicted molar refractivity (Wildman–Crippen MR) is 102 cm³/mol. The molecule has 1 aliphatic rings. The zero-order chi connectivity index (χ0) is 18.8. The quantitative estimate of drug-likeness (QED) is 0.776. The van der Waals surface area contributed by atoms with E-state index in [1.54, 1.807) is 35.4 Å². The predicted octanol–water partition coefficient (Wildman–Crippen LogP) is 3.28. The van der Waals surface area contributed by atoms with Gasteiger partial charge in [0.25, 0.3) is 5.91 Å². The monoisotopic (exact) mass is 360 g/mol. The lowest BCUT2D eigenvalue weighted by Crippen LogP contribution is -2.30. The average Bonchev–Trinajstić information content (AvgIpc) is 3.32. The van der Waals surface area contributed by atoms with Crippen LogP contribution in [0.3, 0.4) is 0 Å². The highest BCUT2D eigenvalue weighted by molar-refractivity contribution is 6.03. The van der Waals surface area contributed by atoms with Gasteiger partial charge in [-0.3, -0.25) is 4.79 Å². The number of aromatic nitrogens is 2. The van der Waals surface area contributed by atoms with Gasteiger partial charge in [0.1, 0.15) is 12.3 Å². The molecule has 27 heavy (non-hydrogen) atoms. The van der Waals surface area contributed by atoms with Crippen molar-refractivity contribution < 1.29 is 9.90 Å². The lowest BCUT2D eigenvalue weighted by atomic mass is 9.97. The summed E-state index contributed by atoms with van der Waals surface area (Å²) in [6.07, 6.45) is 5.54. The van der Waals surface area contributed by atoms with Crippen molar-refractivity contribution >= 4 is 11.6 Å². The van der Waals surface area contributed by atoms with E-state index in [0.29, 0.717) is 12.0 Å². The number of aromatic hydroxyl groups is 1. The van der Waals surface area contributed by atoms with Gasteiger partial charge < -0.3 is 9.67 Å². The van der Waals surface area contributed by atoms with Gasteiger partial charge in [-0.2, -0.15) is 5.10 Å². The Morgan fingerprint density at radius 1 is 1.19 bits per heavy atom. The van der Waals surface area contributed by atoms with Crippen LogP contribution in [0, 0.1) is 6.92 Å². The third kappa shape index (κ3) is 3.46. The molecule has 0 aliphatic carbocycles. The first-order valence-corrected chi connectivity index (χ1v) is 8.82. The Morgan fingerprint density at radius 2 is 1.96 bits per heavy atom. The summed E-state index contributed by atoms with van der Waals surface area (Å²) in [5.41, 5.74) is 3.69. The summed E-state index contributed by atoms with van der Waals surface area (Å²) < 4.78 is 1.71. The molecule has 0 saturated heterocycles. The van der Waals surface area contributed by atoms with Crippen LogP contribution in [0.4, 0.5) is 0 Å². The van der Waals surface area contributed by atoms with Crippen LogP contribution >= 0.6 is 0 Å². The van der Waals surface area contributed by atoms with Crippen LogP contribution in [0.15, 0.2) is 72.4 Å². The highest BCUT2D eigenvalue weighted by atomic mass is 16.3. The number of rotatable bonds is 4. The number of hydrogen-bond acceptors (Lipinski definition) is 4. The molecule has 136 valence electrons. The maximum atomic E-state index is 12.9. The molecule has 1 aliphatic heterocycles. The van der Waals surface area contributed by atoms with Crippen molar-refractivity contribution in [2.45, 2.75) is 25.9 Å². The summed E-state index contributed by atoms with van der Waals surface area (Å²) in [4.78, 5) is 16.9. The van der Waals surface area contributed by atoms with Gasteiger partial charge >= 0.3 is 0 Å². The van der Waals surface area contributed by atoms with Gasteiger partial charge in [0.15, 0.2) is 0 Å². The third-order valence-electron chi connectivity index (χ3n) is 4.72. The number of hydrazone groups is 1. The smallest absolute Gasteiger partial charge is 0.263 e. The third-order valence-corrected chi connectivity index (χ3v) is 4.72. The summed E-state index contributed by atoms with van der Waals surface area (Å²) in [5.74, 6) is 0.0200. The van der Waals surface area contributed by atoms with E-state index in [1.165, 1.54) is 10.6 Å². The van der Waals surface area contributed by atoms with Crippen molar-refractivity contribution in [1.82, 2.24) is 14.6 Å². The molecule has 0 radical (unpaired) electrons.